The average Bonchev–Trinajstić information content (AvgIpc) is 2.81. The Morgan fingerprint density at radius 3 is 2.65 bits per heavy atom. The van der Waals surface area contributed by atoms with Gasteiger partial charge < -0.3 is 10.4 Å². The average molecular weight is 269 g/mol. The van der Waals surface area contributed by atoms with Crippen molar-refractivity contribution in [1.82, 2.24) is 19.6 Å². The van der Waals surface area contributed by atoms with Gasteiger partial charge in [-0.3, -0.25) is 4.40 Å². The Balaban J connectivity index is 1.86. The molecule has 0 fully saturated rings. The number of nitrogens with one attached hydrogen (secondary N) is 1. The number of phenols is 1. The Kier molecular flexibility index (Phi) is 2.98. The first kappa shape index (κ1) is 12.4. The molecule has 0 spiro atoms. The Labute approximate surface area is 116 Å². The monoisotopic (exact) mass is 269 g/mol. The highest BCUT2D eigenvalue weighted by Gasteiger charge is 2.08. The summed E-state index contributed by atoms with van der Waals surface area (Å²) in [7, 11) is 0. The molecule has 0 atom stereocenters. The minimum absolute atomic E-state index is 0.249. The van der Waals surface area contributed by atoms with E-state index in [1.807, 2.05) is 36.4 Å². The first-order valence-electron chi connectivity index (χ1n) is 6.34. The van der Waals surface area contributed by atoms with Crippen molar-refractivity contribution >= 4 is 11.3 Å². The van der Waals surface area contributed by atoms with Crippen LogP contribution in [0.1, 0.15) is 17.3 Å². The number of hydrogen-bond donors (Lipinski definition) is 2. The third-order valence-corrected chi connectivity index (χ3v) is 3.07. The summed E-state index contributed by atoms with van der Waals surface area (Å²) < 4.78 is 1.93. The van der Waals surface area contributed by atoms with E-state index in [9.17, 15) is 5.11 Å². The number of aromatic hydroxyl groups is 1. The van der Waals surface area contributed by atoms with Gasteiger partial charge in [0.25, 0.3) is 0 Å². The number of benzene rings is 1. The van der Waals surface area contributed by atoms with E-state index in [-0.39, 0.29) is 5.75 Å². The van der Waals surface area contributed by atoms with Gasteiger partial charge in [0.15, 0.2) is 11.5 Å². The van der Waals surface area contributed by atoms with Crippen LogP contribution >= 0.6 is 0 Å². The maximum absolute atomic E-state index is 9.25. The van der Waals surface area contributed by atoms with Crippen LogP contribution in [0.15, 0.2) is 30.3 Å². The van der Waals surface area contributed by atoms with Crippen molar-refractivity contribution in [2.75, 3.05) is 5.32 Å². The largest absolute Gasteiger partial charge is 0.508 e. The van der Waals surface area contributed by atoms with E-state index in [1.165, 1.54) is 0 Å². The van der Waals surface area contributed by atoms with E-state index in [4.69, 9.17) is 0 Å². The number of phenolic OH excluding ortho intramolecular Hbond substituents is 1. The maximum Gasteiger partial charge on any atom is 0.164 e. The van der Waals surface area contributed by atoms with E-state index in [2.05, 4.69) is 20.5 Å². The maximum atomic E-state index is 9.25. The molecule has 3 aromatic rings. The van der Waals surface area contributed by atoms with Crippen LogP contribution in [-0.4, -0.2) is 24.7 Å². The van der Waals surface area contributed by atoms with Gasteiger partial charge in [0.05, 0.1) is 6.54 Å². The normalized spacial score (nSPS) is 10.9. The Bertz CT molecular complexity index is 748. The smallest absolute Gasteiger partial charge is 0.164 e. The van der Waals surface area contributed by atoms with E-state index < -0.39 is 0 Å². The van der Waals surface area contributed by atoms with Crippen LogP contribution < -0.4 is 5.32 Å². The molecule has 0 unspecified atom stereocenters. The fourth-order valence-electron chi connectivity index (χ4n) is 2.18. The molecular weight excluding hydrogens is 254 g/mol. The summed E-state index contributed by atoms with van der Waals surface area (Å²) in [6.45, 7) is 4.42. The molecule has 0 aliphatic heterocycles. The van der Waals surface area contributed by atoms with Crippen molar-refractivity contribution < 1.29 is 5.11 Å². The number of rotatable bonds is 3. The van der Waals surface area contributed by atoms with Crippen molar-refractivity contribution in [2.45, 2.75) is 20.4 Å². The summed E-state index contributed by atoms with van der Waals surface area (Å²) in [5.74, 6) is 1.92. The van der Waals surface area contributed by atoms with Gasteiger partial charge in [-0.15, -0.1) is 10.2 Å². The Morgan fingerprint density at radius 1 is 1.15 bits per heavy atom. The number of anilines is 1. The molecule has 3 rings (SSSR count). The summed E-state index contributed by atoms with van der Waals surface area (Å²) in [6.07, 6.45) is 0. The predicted octanol–water partition coefficient (Wildman–Crippen LogP) is 2.06. The van der Waals surface area contributed by atoms with Gasteiger partial charge in [0.1, 0.15) is 11.6 Å². The van der Waals surface area contributed by atoms with Crippen LogP contribution in [-0.2, 0) is 6.54 Å². The molecule has 2 N–H and O–H groups in total. The molecule has 0 saturated carbocycles. The number of aromatic nitrogens is 4. The van der Waals surface area contributed by atoms with Gasteiger partial charge in [-0.25, -0.2) is 4.98 Å². The topological polar surface area (TPSA) is 75.3 Å². The molecule has 6 nitrogen and oxygen atoms in total. The molecule has 0 aliphatic carbocycles. The minimum atomic E-state index is 0.249. The van der Waals surface area contributed by atoms with Gasteiger partial charge >= 0.3 is 0 Å². The second-order valence-electron chi connectivity index (χ2n) is 4.66. The summed E-state index contributed by atoms with van der Waals surface area (Å²) in [5, 5.41) is 20.8. The van der Waals surface area contributed by atoms with Gasteiger partial charge in [0.2, 0.25) is 0 Å². The lowest BCUT2D eigenvalue weighted by Gasteiger charge is -2.07. The molecule has 2 heterocycles. The van der Waals surface area contributed by atoms with Crippen molar-refractivity contribution in [3.05, 3.63) is 47.7 Å². The second-order valence-corrected chi connectivity index (χ2v) is 4.66. The molecule has 6 heteroatoms. The number of aryl methyl sites for hydroxylation is 2. The molecule has 0 aliphatic rings. The summed E-state index contributed by atoms with van der Waals surface area (Å²) in [5.41, 5.74) is 2.65. The molecule has 20 heavy (non-hydrogen) atoms. The number of hydrogen-bond acceptors (Lipinski definition) is 5. The summed E-state index contributed by atoms with van der Waals surface area (Å²) >= 11 is 0. The third kappa shape index (κ3) is 2.27. The highest BCUT2D eigenvalue weighted by atomic mass is 16.3. The van der Waals surface area contributed by atoms with Crippen molar-refractivity contribution in [3.8, 4) is 5.75 Å². The van der Waals surface area contributed by atoms with Crippen molar-refractivity contribution in [1.29, 1.82) is 0 Å². The quantitative estimate of drug-likeness (QED) is 0.712. The summed E-state index contributed by atoms with van der Waals surface area (Å²) in [6, 6.07) is 8.81. The van der Waals surface area contributed by atoms with E-state index in [0.29, 0.717) is 6.54 Å². The van der Waals surface area contributed by atoms with E-state index >= 15 is 0 Å². The van der Waals surface area contributed by atoms with Crippen molar-refractivity contribution in [3.63, 3.8) is 0 Å². The predicted molar refractivity (Wildman–Crippen MR) is 75.7 cm³/mol. The zero-order chi connectivity index (χ0) is 14.1. The first-order chi connectivity index (χ1) is 9.63. The lowest BCUT2D eigenvalue weighted by molar-refractivity contribution is 0.475. The van der Waals surface area contributed by atoms with Crippen LogP contribution in [0.2, 0.25) is 0 Å². The van der Waals surface area contributed by atoms with E-state index in [1.54, 1.807) is 12.1 Å². The number of fused-ring (bicyclic) bond motifs is 1. The lowest BCUT2D eigenvalue weighted by Crippen LogP contribution is -2.07. The van der Waals surface area contributed by atoms with Crippen LogP contribution in [0.25, 0.3) is 5.65 Å². The van der Waals surface area contributed by atoms with Crippen LogP contribution in [0.3, 0.4) is 0 Å². The molecular formula is C14H15N5O. The second kappa shape index (κ2) is 4.80. The van der Waals surface area contributed by atoms with Gasteiger partial charge in [-0.1, -0.05) is 0 Å². The molecule has 0 radical (unpaired) electrons. The Hall–Kier alpha value is -2.63. The SMILES string of the molecule is Cc1cc2nnc(CNc3ccc(O)cc3)n2c(C)n1. The molecule has 0 amide bonds. The minimum Gasteiger partial charge on any atom is -0.508 e. The standard InChI is InChI=1S/C14H15N5O/c1-9-7-13-17-18-14(19(13)10(2)16-9)8-15-11-3-5-12(20)6-4-11/h3-7,15,20H,8H2,1-2H3. The fraction of sp³-hybridized carbons (Fsp3) is 0.214. The fourth-order valence-corrected chi connectivity index (χ4v) is 2.18. The lowest BCUT2D eigenvalue weighted by atomic mass is 10.3. The highest BCUT2D eigenvalue weighted by molar-refractivity contribution is 5.46. The first-order valence-corrected chi connectivity index (χ1v) is 6.34. The molecule has 0 bridgehead atoms. The summed E-state index contributed by atoms with van der Waals surface area (Å²) in [4.78, 5) is 4.42. The van der Waals surface area contributed by atoms with Crippen LogP contribution in [0.4, 0.5) is 5.69 Å². The molecule has 0 saturated heterocycles. The molecule has 1 aromatic carbocycles. The van der Waals surface area contributed by atoms with Crippen LogP contribution in [0, 0.1) is 13.8 Å². The van der Waals surface area contributed by atoms with Gasteiger partial charge in [0, 0.05) is 17.4 Å². The highest BCUT2D eigenvalue weighted by Crippen LogP contribution is 2.15. The van der Waals surface area contributed by atoms with E-state index in [0.717, 1.165) is 28.7 Å². The molecule has 2 aromatic heterocycles. The molecule has 102 valence electrons. The van der Waals surface area contributed by atoms with Crippen molar-refractivity contribution in [2.24, 2.45) is 0 Å². The van der Waals surface area contributed by atoms with Crippen LogP contribution in [0.5, 0.6) is 5.75 Å². The third-order valence-electron chi connectivity index (χ3n) is 3.07. The zero-order valence-corrected chi connectivity index (χ0v) is 11.3. The zero-order valence-electron chi connectivity index (χ0n) is 11.3. The van der Waals surface area contributed by atoms with Gasteiger partial charge in [-0.05, 0) is 38.1 Å². The Morgan fingerprint density at radius 2 is 1.90 bits per heavy atom. The van der Waals surface area contributed by atoms with Gasteiger partial charge in [-0.2, -0.15) is 0 Å². The number of nitrogens with zero attached hydrogens (tertiary/aromatic N) is 4.